The lowest BCUT2D eigenvalue weighted by Crippen LogP contribution is -2.37. The Morgan fingerprint density at radius 2 is 2.11 bits per heavy atom. The quantitative estimate of drug-likeness (QED) is 0.870. The van der Waals surface area contributed by atoms with E-state index in [9.17, 15) is 5.11 Å². The molecule has 1 heterocycles. The molecular weight excluding hydrogens is 240 g/mol. The third-order valence-electron chi connectivity index (χ3n) is 4.07. The minimum Gasteiger partial charge on any atom is -0.497 e. The van der Waals surface area contributed by atoms with Gasteiger partial charge in [-0.2, -0.15) is 0 Å². The number of ether oxygens (including phenoxy) is 1. The molecule has 1 aromatic carbocycles. The molecule has 0 aliphatic carbocycles. The summed E-state index contributed by atoms with van der Waals surface area (Å²) in [5.41, 5.74) is 8.14. The summed E-state index contributed by atoms with van der Waals surface area (Å²) in [6.45, 7) is 4.36. The average molecular weight is 264 g/mol. The van der Waals surface area contributed by atoms with E-state index in [-0.39, 0.29) is 6.10 Å². The minimum absolute atomic E-state index is 0.207. The van der Waals surface area contributed by atoms with Gasteiger partial charge < -0.3 is 20.5 Å². The average Bonchev–Trinajstić information content (AvgIpc) is 2.46. The zero-order valence-corrected chi connectivity index (χ0v) is 11.8. The highest BCUT2D eigenvalue weighted by atomic mass is 16.5. The van der Waals surface area contributed by atoms with Gasteiger partial charge in [-0.25, -0.2) is 0 Å². The molecule has 0 amide bonds. The van der Waals surface area contributed by atoms with Crippen molar-refractivity contribution in [3.63, 3.8) is 0 Å². The van der Waals surface area contributed by atoms with E-state index in [4.69, 9.17) is 10.5 Å². The molecule has 1 unspecified atom stereocenters. The van der Waals surface area contributed by atoms with Crippen molar-refractivity contribution in [1.29, 1.82) is 0 Å². The topological polar surface area (TPSA) is 58.7 Å². The molecule has 0 aromatic heterocycles. The number of nitrogens with zero attached hydrogens (tertiary/aromatic N) is 1. The highest BCUT2D eigenvalue weighted by Gasteiger charge is 2.23. The number of aliphatic hydroxyl groups is 1. The van der Waals surface area contributed by atoms with Crippen molar-refractivity contribution in [1.82, 2.24) is 0 Å². The number of benzene rings is 1. The first-order valence-electron chi connectivity index (χ1n) is 6.95. The Bertz CT molecular complexity index is 413. The van der Waals surface area contributed by atoms with Gasteiger partial charge in [-0.15, -0.1) is 0 Å². The third-order valence-corrected chi connectivity index (χ3v) is 4.07. The molecule has 1 fully saturated rings. The molecule has 0 bridgehead atoms. The van der Waals surface area contributed by atoms with E-state index in [1.165, 1.54) is 5.69 Å². The van der Waals surface area contributed by atoms with Crippen molar-refractivity contribution < 1.29 is 9.84 Å². The number of hydrogen-bond donors (Lipinski definition) is 2. The summed E-state index contributed by atoms with van der Waals surface area (Å²) >= 11 is 0. The van der Waals surface area contributed by atoms with Gasteiger partial charge in [0.05, 0.1) is 13.2 Å². The first-order chi connectivity index (χ1) is 9.15. The van der Waals surface area contributed by atoms with E-state index in [1.807, 2.05) is 19.1 Å². The van der Waals surface area contributed by atoms with Crippen molar-refractivity contribution in [2.24, 2.45) is 11.7 Å². The second-order valence-corrected chi connectivity index (χ2v) is 5.26. The Morgan fingerprint density at radius 1 is 1.42 bits per heavy atom. The molecule has 4 heteroatoms. The van der Waals surface area contributed by atoms with Crippen molar-refractivity contribution in [3.05, 3.63) is 23.8 Å². The zero-order chi connectivity index (χ0) is 13.8. The van der Waals surface area contributed by atoms with Gasteiger partial charge in [-0.3, -0.25) is 0 Å². The fourth-order valence-electron chi connectivity index (χ4n) is 2.76. The van der Waals surface area contributed by atoms with Crippen molar-refractivity contribution in [2.75, 3.05) is 25.1 Å². The normalized spacial score (nSPS) is 18.4. The van der Waals surface area contributed by atoms with Gasteiger partial charge in [0.2, 0.25) is 0 Å². The zero-order valence-electron chi connectivity index (χ0n) is 11.8. The summed E-state index contributed by atoms with van der Waals surface area (Å²) < 4.78 is 5.30. The van der Waals surface area contributed by atoms with Crippen LogP contribution in [0.5, 0.6) is 5.75 Å². The molecule has 1 aromatic rings. The number of piperidine rings is 1. The number of hydrogen-bond acceptors (Lipinski definition) is 4. The summed E-state index contributed by atoms with van der Waals surface area (Å²) in [7, 11) is 1.68. The molecule has 0 saturated carbocycles. The molecule has 1 aliphatic rings. The highest BCUT2D eigenvalue weighted by Crippen LogP contribution is 2.30. The van der Waals surface area contributed by atoms with E-state index < -0.39 is 0 Å². The summed E-state index contributed by atoms with van der Waals surface area (Å²) in [5.74, 6) is 1.29. The van der Waals surface area contributed by atoms with E-state index in [0.29, 0.717) is 12.5 Å². The number of aliphatic hydroxyl groups excluding tert-OH is 1. The summed E-state index contributed by atoms with van der Waals surface area (Å²) in [6, 6.07) is 6.05. The monoisotopic (exact) mass is 264 g/mol. The second-order valence-electron chi connectivity index (χ2n) is 5.26. The lowest BCUT2D eigenvalue weighted by molar-refractivity contribution is 0.110. The smallest absolute Gasteiger partial charge is 0.120 e. The molecule has 19 heavy (non-hydrogen) atoms. The molecule has 1 aliphatic heterocycles. The van der Waals surface area contributed by atoms with Crippen LogP contribution in [0.4, 0.5) is 5.69 Å². The summed E-state index contributed by atoms with van der Waals surface area (Å²) in [4.78, 5) is 2.35. The van der Waals surface area contributed by atoms with Crippen molar-refractivity contribution in [2.45, 2.75) is 32.4 Å². The van der Waals surface area contributed by atoms with E-state index in [0.717, 1.165) is 37.2 Å². The second kappa shape index (κ2) is 6.26. The molecule has 0 spiro atoms. The van der Waals surface area contributed by atoms with Crippen LogP contribution in [0.3, 0.4) is 0 Å². The van der Waals surface area contributed by atoms with Gasteiger partial charge in [0.15, 0.2) is 0 Å². The third kappa shape index (κ3) is 3.19. The Balaban J connectivity index is 2.13. The number of methoxy groups -OCH3 is 1. The number of nitrogens with two attached hydrogens (primary N) is 1. The van der Waals surface area contributed by atoms with Crippen LogP contribution in [0.15, 0.2) is 18.2 Å². The number of anilines is 1. The SMILES string of the molecule is COc1ccc(CN)c(N2CCC(C(C)O)CC2)c1. The lowest BCUT2D eigenvalue weighted by atomic mass is 9.91. The Kier molecular flexibility index (Phi) is 4.66. The fraction of sp³-hybridized carbons (Fsp3) is 0.600. The Morgan fingerprint density at radius 3 is 2.63 bits per heavy atom. The van der Waals surface area contributed by atoms with E-state index >= 15 is 0 Å². The molecule has 106 valence electrons. The molecule has 0 radical (unpaired) electrons. The first kappa shape index (κ1) is 14.2. The standard InChI is InChI=1S/C15H24N2O2/c1-11(18)12-5-7-17(8-6-12)15-9-14(19-2)4-3-13(15)10-16/h3-4,9,11-12,18H,5-8,10,16H2,1-2H3. The van der Waals surface area contributed by atoms with Gasteiger partial charge in [-0.05, 0) is 37.3 Å². The van der Waals surface area contributed by atoms with Crippen LogP contribution in [0.1, 0.15) is 25.3 Å². The minimum atomic E-state index is -0.207. The van der Waals surface area contributed by atoms with Crippen LogP contribution < -0.4 is 15.4 Å². The molecule has 1 atom stereocenters. The molecule has 3 N–H and O–H groups in total. The van der Waals surface area contributed by atoms with Crippen LogP contribution >= 0.6 is 0 Å². The Labute approximate surface area is 115 Å². The maximum Gasteiger partial charge on any atom is 0.120 e. The van der Waals surface area contributed by atoms with Crippen molar-refractivity contribution >= 4 is 5.69 Å². The lowest BCUT2D eigenvalue weighted by Gasteiger charge is -2.35. The van der Waals surface area contributed by atoms with Gasteiger partial charge in [0.25, 0.3) is 0 Å². The van der Waals surface area contributed by atoms with Gasteiger partial charge in [-0.1, -0.05) is 6.07 Å². The maximum atomic E-state index is 9.66. The summed E-state index contributed by atoms with van der Waals surface area (Å²) in [5, 5.41) is 9.66. The van der Waals surface area contributed by atoms with Crippen molar-refractivity contribution in [3.8, 4) is 5.75 Å². The molecular formula is C15H24N2O2. The predicted octanol–water partition coefficient (Wildman–Crippen LogP) is 1.75. The van der Waals surface area contributed by atoms with Gasteiger partial charge in [0.1, 0.15) is 5.75 Å². The van der Waals surface area contributed by atoms with Gasteiger partial charge in [0, 0.05) is 31.4 Å². The maximum absolute atomic E-state index is 9.66. The van der Waals surface area contributed by atoms with Crippen LogP contribution in [0.25, 0.3) is 0 Å². The van der Waals surface area contributed by atoms with Crippen LogP contribution in [0.2, 0.25) is 0 Å². The van der Waals surface area contributed by atoms with Crippen LogP contribution in [0, 0.1) is 5.92 Å². The van der Waals surface area contributed by atoms with Crippen LogP contribution in [-0.2, 0) is 6.54 Å². The number of rotatable bonds is 4. The summed E-state index contributed by atoms with van der Waals surface area (Å²) in [6.07, 6.45) is 1.85. The fourth-order valence-corrected chi connectivity index (χ4v) is 2.76. The molecule has 4 nitrogen and oxygen atoms in total. The van der Waals surface area contributed by atoms with Gasteiger partial charge >= 0.3 is 0 Å². The highest BCUT2D eigenvalue weighted by molar-refractivity contribution is 5.57. The van der Waals surface area contributed by atoms with E-state index in [2.05, 4.69) is 11.0 Å². The predicted molar refractivity (Wildman–Crippen MR) is 77.5 cm³/mol. The molecule has 2 rings (SSSR count). The van der Waals surface area contributed by atoms with E-state index in [1.54, 1.807) is 7.11 Å². The largest absolute Gasteiger partial charge is 0.497 e. The first-order valence-corrected chi connectivity index (χ1v) is 6.95. The molecule has 1 saturated heterocycles. The Hall–Kier alpha value is -1.26. The van der Waals surface area contributed by atoms with Crippen LogP contribution in [-0.4, -0.2) is 31.4 Å².